The van der Waals surface area contributed by atoms with Crippen LogP contribution in [0.1, 0.15) is 23.2 Å². The van der Waals surface area contributed by atoms with Gasteiger partial charge in [0.05, 0.1) is 4.90 Å². The van der Waals surface area contributed by atoms with Crippen molar-refractivity contribution in [2.45, 2.75) is 28.9 Å². The van der Waals surface area contributed by atoms with Crippen molar-refractivity contribution >= 4 is 33.4 Å². The van der Waals surface area contributed by atoms with Crippen LogP contribution in [0.2, 0.25) is 0 Å². The molecule has 29 heavy (non-hydrogen) atoms. The monoisotopic (exact) mass is 428 g/mol. The Labute approximate surface area is 173 Å². The number of carbonyl (C=O) groups excluding carboxylic acids is 1. The van der Waals surface area contributed by atoms with Crippen LogP contribution >= 0.6 is 11.8 Å². The van der Waals surface area contributed by atoms with E-state index in [9.17, 15) is 13.2 Å². The molecule has 9 heteroatoms. The molecule has 7 nitrogen and oxygen atoms in total. The van der Waals surface area contributed by atoms with Gasteiger partial charge in [0, 0.05) is 35.4 Å². The van der Waals surface area contributed by atoms with E-state index in [-0.39, 0.29) is 16.8 Å². The molecule has 4 rings (SSSR count). The quantitative estimate of drug-likeness (QED) is 0.564. The summed E-state index contributed by atoms with van der Waals surface area (Å²) in [5.74, 6) is -0.317. The number of nitrogens with one attached hydrogen (secondary N) is 2. The summed E-state index contributed by atoms with van der Waals surface area (Å²) in [6.07, 6.45) is 7.21. The average Bonchev–Trinajstić information content (AvgIpc) is 3.39. The summed E-state index contributed by atoms with van der Waals surface area (Å²) in [6.45, 7) is 0. The Morgan fingerprint density at radius 3 is 2.72 bits per heavy atom. The Bertz CT molecular complexity index is 1150. The lowest BCUT2D eigenvalue weighted by Crippen LogP contribution is -2.25. The number of benzene rings is 2. The fraction of sp³-hybridized carbons (Fsp3) is 0.200. The molecule has 1 saturated carbocycles. The molecule has 1 fully saturated rings. The number of carbonyl (C=O) groups is 1. The Hall–Kier alpha value is -2.62. The van der Waals surface area contributed by atoms with Gasteiger partial charge in [0.15, 0.2) is 5.16 Å². The van der Waals surface area contributed by atoms with Crippen LogP contribution < -0.4 is 10.0 Å². The van der Waals surface area contributed by atoms with Crippen LogP contribution in [0.5, 0.6) is 0 Å². The van der Waals surface area contributed by atoms with Gasteiger partial charge in [0.25, 0.3) is 5.91 Å². The number of amides is 1. The molecule has 2 N–H and O–H groups in total. The minimum absolute atomic E-state index is 0.0235. The standard InChI is InChI=1S/C20H20N4O3S2/c1-28-20-21-10-11-24(20)17-6-2-4-14(12-17)19(25)22-16-5-3-7-18(13-16)29(26,27)23-15-8-9-15/h2-7,10-13,15,23H,8-9H2,1H3,(H,22,25). The van der Waals surface area contributed by atoms with Crippen LogP contribution in [-0.2, 0) is 10.0 Å². The van der Waals surface area contributed by atoms with E-state index in [2.05, 4.69) is 15.0 Å². The van der Waals surface area contributed by atoms with Crippen LogP contribution in [0, 0.1) is 0 Å². The van der Waals surface area contributed by atoms with Crippen LogP contribution in [0.25, 0.3) is 5.69 Å². The largest absolute Gasteiger partial charge is 0.322 e. The third-order valence-electron chi connectivity index (χ3n) is 4.48. The van der Waals surface area contributed by atoms with E-state index in [1.807, 2.05) is 23.1 Å². The molecule has 0 saturated heterocycles. The molecule has 0 radical (unpaired) electrons. The summed E-state index contributed by atoms with van der Waals surface area (Å²) in [5, 5.41) is 3.60. The van der Waals surface area contributed by atoms with Crippen LogP contribution in [0.4, 0.5) is 5.69 Å². The van der Waals surface area contributed by atoms with Crippen molar-refractivity contribution in [3.8, 4) is 5.69 Å². The Morgan fingerprint density at radius 1 is 1.17 bits per heavy atom. The van der Waals surface area contributed by atoms with Gasteiger partial charge in [-0.2, -0.15) is 0 Å². The van der Waals surface area contributed by atoms with E-state index < -0.39 is 10.0 Å². The molecule has 1 heterocycles. The first-order valence-electron chi connectivity index (χ1n) is 9.08. The van der Waals surface area contributed by atoms with Crippen molar-refractivity contribution in [1.29, 1.82) is 0 Å². The first-order valence-corrected chi connectivity index (χ1v) is 11.8. The zero-order valence-electron chi connectivity index (χ0n) is 15.7. The number of aromatic nitrogens is 2. The lowest BCUT2D eigenvalue weighted by molar-refractivity contribution is 0.102. The van der Waals surface area contributed by atoms with Gasteiger partial charge in [-0.05, 0) is 55.5 Å². The van der Waals surface area contributed by atoms with Crippen molar-refractivity contribution in [1.82, 2.24) is 14.3 Å². The van der Waals surface area contributed by atoms with Gasteiger partial charge in [0.1, 0.15) is 0 Å². The summed E-state index contributed by atoms with van der Waals surface area (Å²) in [7, 11) is -3.58. The second-order valence-electron chi connectivity index (χ2n) is 6.71. The highest BCUT2D eigenvalue weighted by atomic mass is 32.2. The van der Waals surface area contributed by atoms with E-state index >= 15 is 0 Å². The molecule has 1 aromatic heterocycles. The van der Waals surface area contributed by atoms with Crippen molar-refractivity contribution in [2.24, 2.45) is 0 Å². The number of nitrogens with zero attached hydrogens (tertiary/aromatic N) is 2. The number of imidazole rings is 1. The molecule has 1 aliphatic rings. The van der Waals surface area contributed by atoms with Crippen molar-refractivity contribution in [2.75, 3.05) is 11.6 Å². The zero-order chi connectivity index (χ0) is 20.4. The Balaban J connectivity index is 1.54. The number of hydrogen-bond donors (Lipinski definition) is 2. The predicted molar refractivity (Wildman–Crippen MR) is 113 cm³/mol. The van der Waals surface area contributed by atoms with Crippen molar-refractivity contribution in [3.05, 3.63) is 66.5 Å². The van der Waals surface area contributed by atoms with Gasteiger partial charge in [-0.3, -0.25) is 9.36 Å². The predicted octanol–water partition coefficient (Wildman–Crippen LogP) is 3.29. The lowest BCUT2D eigenvalue weighted by atomic mass is 10.2. The zero-order valence-corrected chi connectivity index (χ0v) is 17.3. The molecule has 1 aliphatic carbocycles. The third-order valence-corrected chi connectivity index (χ3v) is 6.66. The molecule has 3 aromatic rings. The Kier molecular flexibility index (Phi) is 5.44. The van der Waals surface area contributed by atoms with Crippen molar-refractivity contribution in [3.63, 3.8) is 0 Å². The maximum atomic E-state index is 12.7. The van der Waals surface area contributed by atoms with Gasteiger partial charge in [0.2, 0.25) is 10.0 Å². The summed E-state index contributed by atoms with van der Waals surface area (Å²) < 4.78 is 29.3. The van der Waals surface area contributed by atoms with Crippen molar-refractivity contribution < 1.29 is 13.2 Å². The van der Waals surface area contributed by atoms with Crippen LogP contribution in [0.15, 0.2) is 71.0 Å². The summed E-state index contributed by atoms with van der Waals surface area (Å²) >= 11 is 1.51. The van der Waals surface area contributed by atoms with E-state index in [0.29, 0.717) is 11.3 Å². The number of sulfonamides is 1. The molecular weight excluding hydrogens is 408 g/mol. The van der Waals surface area contributed by atoms with Gasteiger partial charge in [-0.15, -0.1) is 0 Å². The van der Waals surface area contributed by atoms with Gasteiger partial charge in [-0.1, -0.05) is 23.9 Å². The fourth-order valence-corrected chi connectivity index (χ4v) is 4.75. The number of hydrogen-bond acceptors (Lipinski definition) is 5. The fourth-order valence-electron chi connectivity index (χ4n) is 2.87. The molecule has 0 atom stereocenters. The molecule has 1 amide bonds. The molecule has 0 unspecified atom stereocenters. The molecule has 2 aromatic carbocycles. The SMILES string of the molecule is CSc1nccn1-c1cccc(C(=O)Nc2cccc(S(=O)(=O)NC3CC3)c2)c1. The maximum Gasteiger partial charge on any atom is 0.255 e. The highest BCUT2D eigenvalue weighted by molar-refractivity contribution is 7.98. The molecular formula is C20H20N4O3S2. The molecule has 0 bridgehead atoms. The molecule has 150 valence electrons. The highest BCUT2D eigenvalue weighted by Gasteiger charge is 2.28. The summed E-state index contributed by atoms with van der Waals surface area (Å²) in [5.41, 5.74) is 1.71. The van der Waals surface area contributed by atoms with E-state index in [0.717, 1.165) is 23.7 Å². The van der Waals surface area contributed by atoms with Crippen LogP contribution in [0.3, 0.4) is 0 Å². The van der Waals surface area contributed by atoms with Gasteiger partial charge in [-0.25, -0.2) is 18.1 Å². The smallest absolute Gasteiger partial charge is 0.255 e. The van der Waals surface area contributed by atoms with Crippen LogP contribution in [-0.4, -0.2) is 36.2 Å². The number of rotatable bonds is 7. The summed E-state index contributed by atoms with van der Waals surface area (Å²) in [4.78, 5) is 17.1. The molecule has 0 aliphatic heterocycles. The van der Waals surface area contributed by atoms with E-state index in [1.54, 1.807) is 36.5 Å². The van der Waals surface area contributed by atoms with Gasteiger partial charge >= 0.3 is 0 Å². The minimum atomic E-state index is -3.58. The van der Waals surface area contributed by atoms with E-state index in [4.69, 9.17) is 0 Å². The topological polar surface area (TPSA) is 93.1 Å². The summed E-state index contributed by atoms with van der Waals surface area (Å²) in [6, 6.07) is 13.5. The third kappa shape index (κ3) is 4.52. The second-order valence-corrected chi connectivity index (χ2v) is 9.20. The Morgan fingerprint density at radius 2 is 1.97 bits per heavy atom. The average molecular weight is 429 g/mol. The molecule has 0 spiro atoms. The lowest BCUT2D eigenvalue weighted by Gasteiger charge is -2.11. The first-order chi connectivity index (χ1) is 14.0. The first kappa shape index (κ1) is 19.7. The minimum Gasteiger partial charge on any atom is -0.322 e. The second kappa shape index (κ2) is 8.02. The number of anilines is 1. The maximum absolute atomic E-state index is 12.7. The van der Waals surface area contributed by atoms with Gasteiger partial charge < -0.3 is 5.32 Å². The van der Waals surface area contributed by atoms with E-state index in [1.165, 1.54) is 23.9 Å². The highest BCUT2D eigenvalue weighted by Crippen LogP contribution is 2.24. The normalized spacial score (nSPS) is 14.0. The number of thioether (sulfide) groups is 1.